The SMILES string of the molecule is COc1ccc(OC(=O)C2CCCCC2)cc1[C@@H]1O[C@H](COC(C)=O)[C@H](OC(C)=O)[C@H](OC(C)=O)[C@H]1OC(C)=O. The summed E-state index contributed by atoms with van der Waals surface area (Å²) in [5.41, 5.74) is 0.300. The number of hydrogen-bond donors (Lipinski definition) is 0. The van der Waals surface area contributed by atoms with Crippen molar-refractivity contribution in [1.29, 1.82) is 0 Å². The van der Waals surface area contributed by atoms with Crippen LogP contribution in [0.4, 0.5) is 0 Å². The first-order chi connectivity index (χ1) is 19.0. The van der Waals surface area contributed by atoms with E-state index in [1.807, 2.05) is 0 Å². The molecule has 1 saturated heterocycles. The van der Waals surface area contributed by atoms with Crippen LogP contribution in [0.1, 0.15) is 71.5 Å². The highest BCUT2D eigenvalue weighted by Gasteiger charge is 2.53. The Morgan fingerprint density at radius 2 is 1.40 bits per heavy atom. The van der Waals surface area contributed by atoms with Crippen LogP contribution in [0.5, 0.6) is 11.5 Å². The minimum absolute atomic E-state index is 0.204. The highest BCUT2D eigenvalue weighted by Crippen LogP contribution is 2.42. The van der Waals surface area contributed by atoms with Crippen molar-refractivity contribution in [1.82, 2.24) is 0 Å². The largest absolute Gasteiger partial charge is 0.496 e. The molecular weight excluding hydrogens is 528 g/mol. The summed E-state index contributed by atoms with van der Waals surface area (Å²) >= 11 is 0. The van der Waals surface area contributed by atoms with E-state index < -0.39 is 54.4 Å². The van der Waals surface area contributed by atoms with Crippen molar-refractivity contribution in [2.45, 2.75) is 90.3 Å². The lowest BCUT2D eigenvalue weighted by molar-refractivity contribution is -0.254. The molecule has 1 heterocycles. The van der Waals surface area contributed by atoms with Crippen LogP contribution in [-0.4, -0.2) is 68.0 Å². The van der Waals surface area contributed by atoms with Crippen molar-refractivity contribution in [2.24, 2.45) is 5.92 Å². The van der Waals surface area contributed by atoms with Gasteiger partial charge < -0.3 is 33.2 Å². The van der Waals surface area contributed by atoms with Gasteiger partial charge in [0.15, 0.2) is 18.3 Å². The zero-order valence-corrected chi connectivity index (χ0v) is 23.3. The maximum absolute atomic E-state index is 12.8. The summed E-state index contributed by atoms with van der Waals surface area (Å²) in [5, 5.41) is 0. The number of benzene rings is 1. The van der Waals surface area contributed by atoms with Gasteiger partial charge in [0.25, 0.3) is 0 Å². The monoisotopic (exact) mass is 564 g/mol. The minimum atomic E-state index is -1.34. The molecule has 2 aliphatic rings. The van der Waals surface area contributed by atoms with Crippen molar-refractivity contribution in [3.8, 4) is 11.5 Å². The van der Waals surface area contributed by atoms with Crippen molar-refractivity contribution < 1.29 is 57.1 Å². The molecule has 0 aromatic heterocycles. The first-order valence-corrected chi connectivity index (χ1v) is 13.2. The average molecular weight is 565 g/mol. The fourth-order valence-electron chi connectivity index (χ4n) is 5.01. The Morgan fingerprint density at radius 1 is 0.800 bits per heavy atom. The lowest BCUT2D eigenvalue weighted by atomic mass is 9.89. The van der Waals surface area contributed by atoms with Gasteiger partial charge in [0, 0.05) is 33.3 Å². The van der Waals surface area contributed by atoms with E-state index in [0.717, 1.165) is 52.9 Å². The van der Waals surface area contributed by atoms with E-state index in [2.05, 4.69) is 0 Å². The second-order valence-corrected chi connectivity index (χ2v) is 9.78. The first-order valence-electron chi connectivity index (χ1n) is 13.2. The van der Waals surface area contributed by atoms with Crippen LogP contribution in [0.15, 0.2) is 18.2 Å². The summed E-state index contributed by atoms with van der Waals surface area (Å²) in [6.45, 7) is 4.28. The van der Waals surface area contributed by atoms with E-state index in [1.54, 1.807) is 12.1 Å². The Labute approximate surface area is 232 Å². The maximum atomic E-state index is 12.8. The van der Waals surface area contributed by atoms with Crippen molar-refractivity contribution in [3.05, 3.63) is 23.8 Å². The Kier molecular flexibility index (Phi) is 10.9. The lowest BCUT2D eigenvalue weighted by Gasteiger charge is -2.44. The molecule has 0 amide bonds. The Bertz CT molecular complexity index is 1090. The van der Waals surface area contributed by atoms with Gasteiger partial charge in [-0.05, 0) is 31.0 Å². The van der Waals surface area contributed by atoms with Gasteiger partial charge >= 0.3 is 29.8 Å². The van der Waals surface area contributed by atoms with Gasteiger partial charge in [0.1, 0.15) is 30.3 Å². The summed E-state index contributed by atoms with van der Waals surface area (Å²) in [4.78, 5) is 60.7. The number of esters is 5. The van der Waals surface area contributed by atoms with Crippen LogP contribution in [0, 0.1) is 5.92 Å². The number of hydrogen-bond acceptors (Lipinski definition) is 12. The molecule has 1 saturated carbocycles. The molecular formula is C28H36O12. The highest BCUT2D eigenvalue weighted by molar-refractivity contribution is 5.75. The van der Waals surface area contributed by atoms with Crippen molar-refractivity contribution >= 4 is 29.8 Å². The van der Waals surface area contributed by atoms with Gasteiger partial charge in [0.2, 0.25) is 0 Å². The molecule has 1 aromatic rings. The smallest absolute Gasteiger partial charge is 0.314 e. The zero-order chi connectivity index (χ0) is 29.4. The molecule has 40 heavy (non-hydrogen) atoms. The van der Waals surface area contributed by atoms with Gasteiger partial charge in [-0.1, -0.05) is 19.3 Å². The van der Waals surface area contributed by atoms with E-state index >= 15 is 0 Å². The molecule has 3 rings (SSSR count). The molecule has 2 fully saturated rings. The number of carbonyl (C=O) groups excluding carboxylic acids is 5. The van der Waals surface area contributed by atoms with Crippen LogP contribution in [0.2, 0.25) is 0 Å². The Morgan fingerprint density at radius 3 is 1.98 bits per heavy atom. The number of rotatable bonds is 9. The zero-order valence-electron chi connectivity index (χ0n) is 23.3. The summed E-state index contributed by atoms with van der Waals surface area (Å²) < 4.78 is 39.1. The minimum Gasteiger partial charge on any atom is -0.496 e. The fourth-order valence-corrected chi connectivity index (χ4v) is 5.01. The molecule has 1 aromatic carbocycles. The van der Waals surface area contributed by atoms with Gasteiger partial charge in [-0.2, -0.15) is 0 Å². The Balaban J connectivity index is 2.06. The molecule has 0 bridgehead atoms. The van der Waals surface area contributed by atoms with Crippen LogP contribution in [0.25, 0.3) is 0 Å². The summed E-state index contributed by atoms with van der Waals surface area (Å²) in [7, 11) is 1.41. The highest BCUT2D eigenvalue weighted by atomic mass is 16.7. The van der Waals surface area contributed by atoms with E-state index in [9.17, 15) is 24.0 Å². The topological polar surface area (TPSA) is 150 Å². The van der Waals surface area contributed by atoms with E-state index in [0.29, 0.717) is 11.3 Å². The summed E-state index contributed by atoms with van der Waals surface area (Å²) in [5.74, 6) is -2.88. The van der Waals surface area contributed by atoms with Crippen LogP contribution in [0.3, 0.4) is 0 Å². The third kappa shape index (κ3) is 8.17. The number of methoxy groups -OCH3 is 1. The molecule has 5 atom stereocenters. The summed E-state index contributed by atoms with van der Waals surface area (Å²) in [6.07, 6.45) is -1.77. The predicted molar refractivity (Wildman–Crippen MR) is 136 cm³/mol. The maximum Gasteiger partial charge on any atom is 0.314 e. The lowest BCUT2D eigenvalue weighted by Crippen LogP contribution is -2.59. The van der Waals surface area contributed by atoms with E-state index in [4.69, 9.17) is 33.2 Å². The average Bonchev–Trinajstić information content (AvgIpc) is 2.89. The third-order valence-electron chi connectivity index (χ3n) is 6.66. The first kappa shape index (κ1) is 30.9. The Hall–Kier alpha value is -3.67. The molecule has 12 heteroatoms. The molecule has 12 nitrogen and oxygen atoms in total. The molecule has 1 aliphatic carbocycles. The fraction of sp³-hybridized carbons (Fsp3) is 0.607. The van der Waals surface area contributed by atoms with Crippen molar-refractivity contribution in [3.63, 3.8) is 0 Å². The van der Waals surface area contributed by atoms with Gasteiger partial charge in [-0.25, -0.2) is 0 Å². The van der Waals surface area contributed by atoms with Crippen molar-refractivity contribution in [2.75, 3.05) is 13.7 Å². The van der Waals surface area contributed by atoms with E-state index in [1.165, 1.54) is 20.1 Å². The van der Waals surface area contributed by atoms with Crippen LogP contribution < -0.4 is 9.47 Å². The quantitative estimate of drug-likeness (QED) is 0.246. The molecule has 0 radical (unpaired) electrons. The predicted octanol–water partition coefficient (Wildman–Crippen LogP) is 2.98. The van der Waals surface area contributed by atoms with Gasteiger partial charge in [-0.3, -0.25) is 24.0 Å². The molecule has 0 spiro atoms. The van der Waals surface area contributed by atoms with Gasteiger partial charge in [0.05, 0.1) is 13.0 Å². The number of carbonyl (C=O) groups is 5. The molecule has 0 N–H and O–H groups in total. The standard InChI is InChI=1S/C28H36O12/c1-15(29)35-14-23-25(36-16(2)30)27(38-18(4)32)26(37-17(3)31)24(40-23)21-13-20(11-12-22(21)34-5)39-28(33)19-9-7-6-8-10-19/h11-13,19,23-27H,6-10,14H2,1-5H3/t23-,24+,25+,26+,27+/m1/s1. The van der Waals surface area contributed by atoms with E-state index in [-0.39, 0.29) is 24.2 Å². The van der Waals surface area contributed by atoms with Gasteiger partial charge in [-0.15, -0.1) is 0 Å². The van der Waals surface area contributed by atoms with Crippen LogP contribution in [-0.2, 0) is 47.7 Å². The normalized spacial score (nSPS) is 24.8. The third-order valence-corrected chi connectivity index (χ3v) is 6.66. The second kappa shape index (κ2) is 14.1. The molecule has 220 valence electrons. The second-order valence-electron chi connectivity index (χ2n) is 9.78. The summed E-state index contributed by atoms with van der Waals surface area (Å²) in [6, 6.07) is 4.64. The molecule has 1 aliphatic heterocycles. The van der Waals surface area contributed by atoms with Crippen LogP contribution >= 0.6 is 0 Å². The molecule has 0 unspecified atom stereocenters. The number of ether oxygens (including phenoxy) is 7.